The summed E-state index contributed by atoms with van der Waals surface area (Å²) in [6.45, 7) is 6.87. The van der Waals surface area contributed by atoms with Gasteiger partial charge in [-0.15, -0.1) is 11.8 Å². The molecule has 33 nitrogen and oxygen atoms in total. The van der Waals surface area contributed by atoms with E-state index >= 15 is 43.2 Å². The van der Waals surface area contributed by atoms with E-state index in [4.69, 9.17) is 10.5 Å². The molecule has 3 heterocycles. The maximum atomic E-state index is 15.7. The molecule has 34 heteroatoms. The third-order valence-electron chi connectivity index (χ3n) is 23.8. The van der Waals surface area contributed by atoms with Crippen LogP contribution in [0.25, 0.3) is 21.8 Å². The molecule has 6 aromatic carbocycles. The Morgan fingerprint density at radius 1 is 0.492 bits per heavy atom. The minimum atomic E-state index is -1.58. The molecule has 2 aromatic heterocycles. The number of benzene rings is 6. The van der Waals surface area contributed by atoms with Crippen LogP contribution in [0, 0.1) is 23.7 Å². The van der Waals surface area contributed by atoms with Gasteiger partial charge in [0.2, 0.25) is 70.9 Å². The molecule has 0 aliphatic carbocycles. The number of rotatable bonds is 25. The van der Waals surface area contributed by atoms with Crippen molar-refractivity contribution in [2.24, 2.45) is 29.4 Å². The van der Waals surface area contributed by atoms with Crippen molar-refractivity contribution in [3.05, 3.63) is 203 Å². The lowest BCUT2D eigenvalue weighted by Gasteiger charge is -2.37. The number of hydrogen-bond donors (Lipinski definition) is 11. The van der Waals surface area contributed by atoms with E-state index in [1.165, 1.54) is 93.6 Å². The SMILES string of the molecule is CCCC[C@H]1C(=O)N(C)CC(=O)C[C@@H](COC=O)C(=O)C[C@@H](C(C)C)C(=O)N(C)[C@@H](Cc2ccccc2)C(=O)N[C@@H](Cc2ccc(O)cc2)C(=O)N(C)CC(=O)N[C@@H](Cc2c[nH]c3ccccc23)C(=O)N[C@@H](Cc2ccc(O)cc2)C(=O)N[C@@H](CC(C)C)C(=O)N[C@H](C(=O)CCC(N)=O)CSCC(=O)N[C@@H](Cc2cccc3[nH]ccc23)C(=O)N(C)[C@@H](Cc2ccccc2)C(=O)N1C. The van der Waals surface area contributed by atoms with Crippen LogP contribution in [0.2, 0.25) is 0 Å². The standard InChI is InChI=1S/C98H122N14O19S/c1-11-12-30-82-97(129)108(6)53-70(116)48-67(55-131-58-113)86(118)51-73(60(4)5)94(126)111(9)83(46-61-22-15-13-16-23-61)93(125)106-79(45-64-33-37-69(115)38-34-64)95(127)109(7)54-88(120)102-78(50-66-52-101-75-28-20-19-27-71(66)75)92(124)105-77(44-63-31-35-68(114)36-32-63)91(123)104-76(43-59(2)3)90(122)107-81(85(117)39-40-87(99)119)56-132-57-89(121)103-80(49-65-26-21-29-74-72(65)41-42-100-74)96(128)112(10)84(98(130)110(82)8)47-62-24-17-14-18-25-62/h13-29,31-38,41-42,52,58-60,67,73,76-84,100-101,114-115H,11-12,30,39-40,43-51,53-57H2,1-10H3,(H2,99,119)(H,102,120)(H,103,121)(H,104,123)(H,105,124)(H,106,125)(H,107,122)/t67-,73-,76-,77-,78-,79-,80-,81-,82-,83-,84-/m0/s1. The van der Waals surface area contributed by atoms with Crippen LogP contribution in [0.3, 0.4) is 0 Å². The Kier molecular flexibility index (Phi) is 38.3. The zero-order valence-electron chi connectivity index (χ0n) is 76.2. The average Bonchev–Trinajstić information content (AvgIpc) is 0.861. The Morgan fingerprint density at radius 3 is 1.62 bits per heavy atom. The second-order valence-electron chi connectivity index (χ2n) is 34.6. The van der Waals surface area contributed by atoms with Crippen molar-refractivity contribution in [2.75, 3.05) is 66.4 Å². The highest BCUT2D eigenvalue weighted by molar-refractivity contribution is 8.00. The van der Waals surface area contributed by atoms with Crippen molar-refractivity contribution < 1.29 is 91.7 Å². The van der Waals surface area contributed by atoms with Crippen molar-refractivity contribution in [3.8, 4) is 11.5 Å². The first-order valence-electron chi connectivity index (χ1n) is 44.3. The lowest BCUT2D eigenvalue weighted by atomic mass is 9.84. The largest absolute Gasteiger partial charge is 0.508 e. The number of unbranched alkanes of at least 4 members (excludes halogenated alkanes) is 1. The smallest absolute Gasteiger partial charge is 0.293 e. The number of likely N-dealkylation sites (N-methyl/N-ethyl adjacent to an activating group) is 5. The zero-order valence-corrected chi connectivity index (χ0v) is 77.1. The first-order valence-corrected chi connectivity index (χ1v) is 45.5. The van der Waals surface area contributed by atoms with Crippen LogP contribution in [-0.4, -0.2) is 260 Å². The van der Waals surface area contributed by atoms with E-state index in [0.29, 0.717) is 68.0 Å². The number of phenolic OH excluding ortho intramolecular Hbond substituents is 2. The second kappa shape index (κ2) is 49.5. The number of aromatic nitrogens is 2. The van der Waals surface area contributed by atoms with Gasteiger partial charge in [0.25, 0.3) is 6.47 Å². The van der Waals surface area contributed by atoms with Crippen LogP contribution in [-0.2, 0) is 120 Å². The van der Waals surface area contributed by atoms with E-state index < -0.39 is 211 Å². The predicted molar refractivity (Wildman–Crippen MR) is 497 cm³/mol. The number of H-pyrrole nitrogens is 2. The Bertz CT molecular complexity index is 5360. The predicted octanol–water partition coefficient (Wildman–Crippen LogP) is 5.92. The Morgan fingerprint density at radius 2 is 1.01 bits per heavy atom. The molecule has 0 bridgehead atoms. The fraction of sp³-hybridized carbons (Fsp3) is 0.429. The number of aromatic hydroxyl groups is 2. The quantitative estimate of drug-likeness (QED) is 0.0296. The van der Waals surface area contributed by atoms with Crippen LogP contribution >= 0.6 is 11.8 Å². The van der Waals surface area contributed by atoms with Gasteiger partial charge in [-0.3, -0.25) is 76.7 Å². The monoisotopic (exact) mass is 1830 g/mol. The van der Waals surface area contributed by atoms with Crippen molar-refractivity contribution in [3.63, 3.8) is 0 Å². The van der Waals surface area contributed by atoms with Gasteiger partial charge in [0.05, 0.1) is 30.8 Å². The van der Waals surface area contributed by atoms with Crippen LogP contribution < -0.4 is 37.6 Å². The van der Waals surface area contributed by atoms with Crippen molar-refractivity contribution in [1.82, 2.24) is 66.4 Å². The molecule has 12 N–H and O–H groups in total. The summed E-state index contributed by atoms with van der Waals surface area (Å²) in [5, 5.41) is 39.0. The number of carbonyl (C=O) groups is 16. The third kappa shape index (κ3) is 29.5. The number of nitrogens with zero attached hydrogens (tertiary/aromatic N) is 5. The Labute approximate surface area is 772 Å². The number of phenols is 2. The normalized spacial score (nSPS) is 21.9. The number of nitrogens with two attached hydrogens (primary N) is 1. The number of para-hydroxylation sites is 1. The molecular formula is C98H122N14O19S. The van der Waals surface area contributed by atoms with Gasteiger partial charge in [0, 0.05) is 145 Å². The molecule has 8 aromatic rings. The summed E-state index contributed by atoms with van der Waals surface area (Å²) in [4.78, 5) is 248. The van der Waals surface area contributed by atoms with Crippen LogP contribution in [0.1, 0.15) is 119 Å². The summed E-state index contributed by atoms with van der Waals surface area (Å²) in [5.74, 6) is -16.4. The van der Waals surface area contributed by atoms with Crippen LogP contribution in [0.5, 0.6) is 11.5 Å². The van der Waals surface area contributed by atoms with Crippen LogP contribution in [0.15, 0.2) is 170 Å². The number of carbonyl (C=O) groups excluding carboxylic acids is 16. The molecule has 132 heavy (non-hydrogen) atoms. The van der Waals surface area contributed by atoms with Crippen molar-refractivity contribution in [1.29, 1.82) is 0 Å². The zero-order chi connectivity index (χ0) is 96.0. The molecule has 1 aliphatic heterocycles. The number of ketones is 3. The molecule has 0 spiro atoms. The molecule has 0 unspecified atom stereocenters. The molecule has 11 atom stereocenters. The van der Waals surface area contributed by atoms with Gasteiger partial charge in [-0.1, -0.05) is 163 Å². The molecule has 1 fully saturated rings. The van der Waals surface area contributed by atoms with E-state index in [-0.39, 0.29) is 81.0 Å². The molecule has 1 aliphatic rings. The Hall–Kier alpha value is -13.5. The highest BCUT2D eigenvalue weighted by Gasteiger charge is 2.42. The summed E-state index contributed by atoms with van der Waals surface area (Å²) in [6.07, 6.45) is 1.11. The molecule has 9 rings (SSSR count). The molecule has 12 amide bonds. The minimum absolute atomic E-state index is 0.0682. The summed E-state index contributed by atoms with van der Waals surface area (Å²) in [6, 6.07) is 30.1. The van der Waals surface area contributed by atoms with E-state index in [1.807, 2.05) is 13.0 Å². The van der Waals surface area contributed by atoms with E-state index in [9.17, 15) is 43.8 Å². The number of amides is 12. The van der Waals surface area contributed by atoms with E-state index in [1.54, 1.807) is 143 Å². The number of nitrogens with one attached hydrogen (secondary N) is 8. The number of hydrogen-bond acceptors (Lipinski definition) is 20. The molecule has 0 saturated carbocycles. The van der Waals surface area contributed by atoms with E-state index in [2.05, 4.69) is 41.9 Å². The number of ether oxygens (including phenoxy) is 1. The fourth-order valence-electron chi connectivity index (χ4n) is 16.3. The second-order valence-corrected chi connectivity index (χ2v) is 35.7. The average molecular weight is 1830 g/mol. The van der Waals surface area contributed by atoms with Crippen molar-refractivity contribution in [2.45, 2.75) is 179 Å². The first kappa shape index (κ1) is 102. The summed E-state index contributed by atoms with van der Waals surface area (Å²) >= 11 is 0.881. The van der Waals surface area contributed by atoms with Crippen molar-refractivity contribution >= 4 is 128 Å². The van der Waals surface area contributed by atoms with Gasteiger partial charge in [-0.05, 0) is 101 Å². The Balaban J connectivity index is 1.12. The number of aromatic amines is 2. The summed E-state index contributed by atoms with van der Waals surface area (Å²) < 4.78 is 5.17. The first-order chi connectivity index (χ1) is 63.0. The fourth-order valence-corrected chi connectivity index (χ4v) is 17.1. The maximum Gasteiger partial charge on any atom is 0.293 e. The van der Waals surface area contributed by atoms with Gasteiger partial charge in [-0.25, -0.2) is 0 Å². The van der Waals surface area contributed by atoms with Crippen LogP contribution in [0.4, 0.5) is 0 Å². The lowest BCUT2D eigenvalue weighted by Crippen LogP contribution is -2.59. The van der Waals surface area contributed by atoms with Gasteiger partial charge >= 0.3 is 0 Å². The number of primary amides is 1. The third-order valence-corrected chi connectivity index (χ3v) is 24.8. The topological polar surface area (TPSA) is 469 Å². The van der Waals surface area contributed by atoms with E-state index in [0.717, 1.165) is 26.5 Å². The van der Waals surface area contributed by atoms with Gasteiger partial charge in [-0.2, -0.15) is 0 Å². The molecule has 0 radical (unpaired) electrons. The number of fused-ring (bicyclic) bond motifs is 2. The maximum absolute atomic E-state index is 15.7. The molecule has 1 saturated heterocycles. The number of thioether (sulfide) groups is 1. The minimum Gasteiger partial charge on any atom is -0.508 e. The molecular weight excluding hydrogens is 1710 g/mol. The molecule has 704 valence electrons. The van der Waals surface area contributed by atoms with Gasteiger partial charge < -0.3 is 87.1 Å². The summed E-state index contributed by atoms with van der Waals surface area (Å²) in [7, 11) is 6.83. The highest BCUT2D eigenvalue weighted by atomic mass is 32.2. The van der Waals surface area contributed by atoms with Gasteiger partial charge in [0.15, 0.2) is 11.6 Å². The summed E-state index contributed by atoms with van der Waals surface area (Å²) in [5.41, 5.74) is 10.1. The number of Topliss-reactive ketones (excluding diaryl/α,β-unsaturated/α-hetero) is 3. The highest BCUT2D eigenvalue weighted by Crippen LogP contribution is 2.29. The lowest BCUT2D eigenvalue weighted by molar-refractivity contribution is -0.151. The van der Waals surface area contributed by atoms with Gasteiger partial charge in [0.1, 0.15) is 72.2 Å².